The summed E-state index contributed by atoms with van der Waals surface area (Å²) in [7, 11) is 0. The quantitative estimate of drug-likeness (QED) is 0.325. The predicted octanol–water partition coefficient (Wildman–Crippen LogP) is 4.84. The van der Waals surface area contributed by atoms with Crippen LogP contribution >= 0.6 is 0 Å². The maximum atomic E-state index is 15.4. The van der Waals surface area contributed by atoms with Crippen LogP contribution < -0.4 is 15.4 Å². The van der Waals surface area contributed by atoms with Gasteiger partial charge in [0.15, 0.2) is 23.1 Å². The van der Waals surface area contributed by atoms with Gasteiger partial charge in [-0.15, -0.1) is 0 Å². The van der Waals surface area contributed by atoms with Crippen molar-refractivity contribution >= 4 is 33.8 Å². The molecule has 6 rings (SSSR count). The second kappa shape index (κ2) is 9.67. The van der Waals surface area contributed by atoms with Crippen LogP contribution in [0.4, 0.5) is 24.7 Å². The molecular weight excluding hydrogens is 499 g/mol. The van der Waals surface area contributed by atoms with Gasteiger partial charge in [-0.25, -0.2) is 42.6 Å². The number of ether oxygens (including phenoxy) is 1. The number of hydrogen-bond donors (Lipinski definition) is 2. The number of benzene rings is 1. The summed E-state index contributed by atoms with van der Waals surface area (Å²) in [5.41, 5.74) is 1.07. The molecule has 0 aliphatic carbocycles. The van der Waals surface area contributed by atoms with Crippen LogP contribution in [-0.2, 0) is 0 Å². The van der Waals surface area contributed by atoms with E-state index in [1.807, 2.05) is 13.0 Å². The molecule has 0 radical (unpaired) electrons. The van der Waals surface area contributed by atoms with Crippen molar-refractivity contribution < 1.29 is 17.9 Å². The SMILES string of the molecule is C[C@H]1C=C(c2ncc3ncnc(Nc4ccc(Oc5ccn6ncnc6c5)c(C(F)F)c4F)c3n2)CCN1. The first kappa shape index (κ1) is 23.7. The smallest absolute Gasteiger partial charge is 0.270 e. The number of nitrogens with zero attached hydrogens (tertiary/aromatic N) is 7. The van der Waals surface area contributed by atoms with E-state index in [4.69, 9.17) is 4.74 Å². The number of fused-ring (bicyclic) bond motifs is 2. The minimum absolute atomic E-state index is 0.159. The Morgan fingerprint density at radius 3 is 2.87 bits per heavy atom. The molecular formula is C25H20F3N9O. The Hall–Kier alpha value is -4.65. The number of pyridine rings is 1. The first-order valence-electron chi connectivity index (χ1n) is 11.7. The zero-order valence-electron chi connectivity index (χ0n) is 19.9. The van der Waals surface area contributed by atoms with E-state index in [1.165, 1.54) is 41.4 Å². The Balaban J connectivity index is 1.35. The van der Waals surface area contributed by atoms with E-state index in [9.17, 15) is 8.78 Å². The lowest BCUT2D eigenvalue weighted by Gasteiger charge is -2.19. The summed E-state index contributed by atoms with van der Waals surface area (Å²) in [6.45, 7) is 2.81. The van der Waals surface area contributed by atoms with Gasteiger partial charge in [-0.2, -0.15) is 5.10 Å². The molecule has 1 aliphatic rings. The third-order valence-electron chi connectivity index (χ3n) is 6.07. The maximum absolute atomic E-state index is 15.4. The third-order valence-corrected chi connectivity index (χ3v) is 6.07. The Bertz CT molecular complexity index is 1690. The second-order valence-corrected chi connectivity index (χ2v) is 8.63. The molecule has 2 N–H and O–H groups in total. The van der Waals surface area contributed by atoms with E-state index in [-0.39, 0.29) is 29.0 Å². The van der Waals surface area contributed by atoms with Crippen LogP contribution in [0, 0.1) is 5.82 Å². The summed E-state index contributed by atoms with van der Waals surface area (Å²) >= 11 is 0. The van der Waals surface area contributed by atoms with Crippen LogP contribution in [0.5, 0.6) is 11.5 Å². The van der Waals surface area contributed by atoms with Crippen molar-refractivity contribution in [3.05, 3.63) is 72.6 Å². The first-order chi connectivity index (χ1) is 18.5. The van der Waals surface area contributed by atoms with E-state index in [0.717, 1.165) is 18.5 Å². The zero-order valence-corrected chi connectivity index (χ0v) is 19.9. The standard InChI is InChI=1S/C25H20F3N9O/c1-13-8-14(4-6-29-13)24-30-10-17-22(36-24)25(33-11-31-17)35-16-2-3-18(20(21(16)26)23(27)28)38-15-5-7-37-19(9-15)32-12-34-37/h2-3,5,7-13,23,29H,4,6H2,1H3,(H,31,33,35)/t13-/m0/s1. The Labute approximate surface area is 213 Å². The van der Waals surface area contributed by atoms with Gasteiger partial charge in [0, 0.05) is 18.3 Å². The average Bonchev–Trinajstić information content (AvgIpc) is 3.38. The number of halogens is 3. The summed E-state index contributed by atoms with van der Waals surface area (Å²) in [5.74, 6) is -0.620. The highest BCUT2D eigenvalue weighted by Crippen LogP contribution is 2.38. The van der Waals surface area contributed by atoms with Crippen molar-refractivity contribution in [2.45, 2.75) is 25.8 Å². The van der Waals surface area contributed by atoms with Crippen LogP contribution in [0.1, 0.15) is 31.2 Å². The molecule has 5 heterocycles. The van der Waals surface area contributed by atoms with Gasteiger partial charge in [-0.1, -0.05) is 6.08 Å². The first-order valence-corrected chi connectivity index (χ1v) is 11.7. The Kier molecular flexibility index (Phi) is 6.04. The highest BCUT2D eigenvalue weighted by Gasteiger charge is 2.24. The molecule has 0 bridgehead atoms. The zero-order chi connectivity index (χ0) is 26.2. The van der Waals surface area contributed by atoms with Crippen LogP contribution in [-0.4, -0.2) is 47.1 Å². The number of rotatable bonds is 6. The minimum atomic E-state index is -3.14. The molecule has 13 heteroatoms. The third kappa shape index (κ3) is 4.47. The Morgan fingerprint density at radius 1 is 1.13 bits per heavy atom. The van der Waals surface area contributed by atoms with Crippen molar-refractivity contribution in [3.8, 4) is 11.5 Å². The number of aromatic nitrogens is 7. The van der Waals surface area contributed by atoms with E-state index in [1.54, 1.807) is 12.4 Å². The summed E-state index contributed by atoms with van der Waals surface area (Å²) in [5, 5.41) is 10.1. The molecule has 0 amide bonds. The van der Waals surface area contributed by atoms with Crippen LogP contribution in [0.25, 0.3) is 22.3 Å². The van der Waals surface area contributed by atoms with Gasteiger partial charge in [0.25, 0.3) is 6.43 Å². The highest BCUT2D eigenvalue weighted by atomic mass is 19.3. The van der Waals surface area contributed by atoms with Crippen molar-refractivity contribution in [2.24, 2.45) is 0 Å². The number of hydrogen-bond acceptors (Lipinski definition) is 9. The largest absolute Gasteiger partial charge is 0.457 e. The van der Waals surface area contributed by atoms with E-state index < -0.39 is 17.8 Å². The fourth-order valence-electron chi connectivity index (χ4n) is 4.24. The molecule has 1 aromatic carbocycles. The van der Waals surface area contributed by atoms with Gasteiger partial charge >= 0.3 is 0 Å². The van der Waals surface area contributed by atoms with Crippen LogP contribution in [0.2, 0.25) is 0 Å². The normalized spacial score (nSPS) is 15.7. The molecule has 192 valence electrons. The molecule has 1 atom stereocenters. The van der Waals surface area contributed by atoms with Gasteiger partial charge in [-0.05, 0) is 43.7 Å². The summed E-state index contributed by atoms with van der Waals surface area (Å²) < 4.78 is 50.6. The lowest BCUT2D eigenvalue weighted by Crippen LogP contribution is -2.29. The number of alkyl halides is 2. The molecule has 10 nitrogen and oxygen atoms in total. The van der Waals surface area contributed by atoms with Crippen LogP contribution in [0.15, 0.2) is 55.4 Å². The van der Waals surface area contributed by atoms with Crippen molar-refractivity contribution in [1.29, 1.82) is 0 Å². The minimum Gasteiger partial charge on any atom is -0.457 e. The predicted molar refractivity (Wildman–Crippen MR) is 133 cm³/mol. The summed E-state index contributed by atoms with van der Waals surface area (Å²) in [6.07, 6.45) is 5.36. The molecule has 0 saturated carbocycles. The maximum Gasteiger partial charge on any atom is 0.270 e. The van der Waals surface area contributed by atoms with Gasteiger partial charge in [0.05, 0.1) is 17.4 Å². The van der Waals surface area contributed by atoms with Gasteiger partial charge in [0.2, 0.25) is 0 Å². The summed E-state index contributed by atoms with van der Waals surface area (Å²) in [4.78, 5) is 21.4. The van der Waals surface area contributed by atoms with Crippen molar-refractivity contribution in [3.63, 3.8) is 0 Å². The van der Waals surface area contributed by atoms with E-state index in [2.05, 4.69) is 40.7 Å². The molecule has 0 saturated heterocycles. The second-order valence-electron chi connectivity index (χ2n) is 8.63. The van der Waals surface area contributed by atoms with E-state index >= 15 is 4.39 Å². The fraction of sp³-hybridized carbons (Fsp3) is 0.200. The number of anilines is 2. The van der Waals surface area contributed by atoms with Crippen molar-refractivity contribution in [2.75, 3.05) is 11.9 Å². The average molecular weight is 519 g/mol. The number of nitrogens with one attached hydrogen (secondary N) is 2. The molecule has 0 unspecified atom stereocenters. The monoisotopic (exact) mass is 519 g/mol. The lowest BCUT2D eigenvalue weighted by atomic mass is 10.0. The summed E-state index contributed by atoms with van der Waals surface area (Å²) in [6, 6.07) is 5.77. The molecule has 1 aliphatic heterocycles. The van der Waals surface area contributed by atoms with Gasteiger partial charge in [0.1, 0.15) is 35.2 Å². The van der Waals surface area contributed by atoms with Gasteiger partial charge < -0.3 is 15.4 Å². The van der Waals surface area contributed by atoms with Crippen LogP contribution in [0.3, 0.4) is 0 Å². The Morgan fingerprint density at radius 2 is 2.03 bits per heavy atom. The van der Waals surface area contributed by atoms with E-state index in [0.29, 0.717) is 22.5 Å². The molecule has 38 heavy (non-hydrogen) atoms. The molecule has 5 aromatic rings. The molecule has 0 spiro atoms. The lowest BCUT2D eigenvalue weighted by molar-refractivity contribution is 0.143. The topological polar surface area (TPSA) is 115 Å². The highest BCUT2D eigenvalue weighted by molar-refractivity contribution is 5.87. The fourth-order valence-corrected chi connectivity index (χ4v) is 4.24. The van der Waals surface area contributed by atoms with Gasteiger partial charge in [-0.3, -0.25) is 0 Å². The van der Waals surface area contributed by atoms with Crippen molar-refractivity contribution in [1.82, 2.24) is 39.9 Å². The molecule has 0 fully saturated rings. The molecule has 4 aromatic heterocycles.